The van der Waals surface area contributed by atoms with Crippen LogP contribution in [0.15, 0.2) is 23.6 Å². The minimum atomic E-state index is -0.169. The lowest BCUT2D eigenvalue weighted by atomic mass is 10.1. The van der Waals surface area contributed by atoms with Gasteiger partial charge in [0.1, 0.15) is 5.01 Å². The molecule has 2 N–H and O–H groups in total. The number of anilines is 1. The third-order valence-corrected chi connectivity index (χ3v) is 4.23. The second kappa shape index (κ2) is 6.24. The van der Waals surface area contributed by atoms with Gasteiger partial charge in [0, 0.05) is 28.8 Å². The summed E-state index contributed by atoms with van der Waals surface area (Å²) in [6, 6.07) is 5.06. The Morgan fingerprint density at radius 3 is 2.80 bits per heavy atom. The Morgan fingerprint density at radius 2 is 2.20 bits per heavy atom. The lowest BCUT2D eigenvalue weighted by Gasteiger charge is -2.14. The number of aryl methyl sites for hydroxylation is 1. The van der Waals surface area contributed by atoms with Crippen molar-refractivity contribution in [1.82, 2.24) is 10.3 Å². The molecule has 1 aromatic carbocycles. The molecule has 1 atom stereocenters. The number of halogens is 1. The molecule has 2 aromatic rings. The highest BCUT2D eigenvalue weighted by Gasteiger charge is 2.16. The molecule has 4 nitrogen and oxygen atoms in total. The first kappa shape index (κ1) is 14.8. The van der Waals surface area contributed by atoms with Gasteiger partial charge >= 0.3 is 0 Å². The van der Waals surface area contributed by atoms with E-state index in [1.54, 1.807) is 36.6 Å². The molecule has 0 aliphatic carbocycles. The fourth-order valence-electron chi connectivity index (χ4n) is 1.83. The van der Waals surface area contributed by atoms with Gasteiger partial charge in [0.25, 0.3) is 5.91 Å². The van der Waals surface area contributed by atoms with E-state index >= 15 is 0 Å². The Bertz CT molecular complexity index is 627. The lowest BCUT2D eigenvalue weighted by Crippen LogP contribution is -2.27. The van der Waals surface area contributed by atoms with Crippen molar-refractivity contribution in [3.63, 3.8) is 0 Å². The lowest BCUT2D eigenvalue weighted by molar-refractivity contribution is 0.0940. The van der Waals surface area contributed by atoms with Crippen LogP contribution in [0.3, 0.4) is 0 Å². The summed E-state index contributed by atoms with van der Waals surface area (Å²) in [5, 5.41) is 9.32. The third kappa shape index (κ3) is 3.29. The molecule has 0 saturated carbocycles. The van der Waals surface area contributed by atoms with Gasteiger partial charge in [-0.3, -0.25) is 4.79 Å². The first-order valence-corrected chi connectivity index (χ1v) is 7.47. The van der Waals surface area contributed by atoms with Crippen molar-refractivity contribution in [1.29, 1.82) is 0 Å². The molecule has 6 heteroatoms. The van der Waals surface area contributed by atoms with E-state index in [2.05, 4.69) is 15.6 Å². The average molecular weight is 310 g/mol. The SMILES string of the molecule is CNc1ccc(Cl)cc1C(=O)NC(C)c1nc(C)cs1. The van der Waals surface area contributed by atoms with Crippen LogP contribution in [0.1, 0.15) is 34.0 Å². The maximum Gasteiger partial charge on any atom is 0.253 e. The Kier molecular flexibility index (Phi) is 4.62. The molecule has 0 bridgehead atoms. The zero-order chi connectivity index (χ0) is 14.7. The molecule has 0 saturated heterocycles. The van der Waals surface area contributed by atoms with Crippen LogP contribution in [0, 0.1) is 6.92 Å². The fraction of sp³-hybridized carbons (Fsp3) is 0.286. The number of benzene rings is 1. The topological polar surface area (TPSA) is 54.0 Å². The van der Waals surface area contributed by atoms with Crippen LogP contribution >= 0.6 is 22.9 Å². The molecule has 0 radical (unpaired) electrons. The number of amides is 1. The Hall–Kier alpha value is -1.59. The summed E-state index contributed by atoms with van der Waals surface area (Å²) in [5.74, 6) is -0.169. The third-order valence-electron chi connectivity index (χ3n) is 2.85. The van der Waals surface area contributed by atoms with Crippen LogP contribution in [0.4, 0.5) is 5.69 Å². The molecule has 1 unspecified atom stereocenters. The van der Waals surface area contributed by atoms with E-state index in [0.29, 0.717) is 10.6 Å². The largest absolute Gasteiger partial charge is 0.387 e. The van der Waals surface area contributed by atoms with E-state index in [9.17, 15) is 4.79 Å². The van der Waals surface area contributed by atoms with Gasteiger partial charge in [0.2, 0.25) is 0 Å². The second-order valence-corrected chi connectivity index (χ2v) is 5.79. The van der Waals surface area contributed by atoms with E-state index in [1.807, 2.05) is 19.2 Å². The minimum absolute atomic E-state index is 0.134. The highest BCUT2D eigenvalue weighted by atomic mass is 35.5. The molecule has 2 rings (SSSR count). The number of nitrogens with one attached hydrogen (secondary N) is 2. The summed E-state index contributed by atoms with van der Waals surface area (Å²) in [5.41, 5.74) is 2.24. The first-order chi connectivity index (χ1) is 9.51. The molecule has 0 spiro atoms. The number of hydrogen-bond donors (Lipinski definition) is 2. The van der Waals surface area contributed by atoms with E-state index < -0.39 is 0 Å². The summed E-state index contributed by atoms with van der Waals surface area (Å²) in [6.07, 6.45) is 0. The average Bonchev–Trinajstić information content (AvgIpc) is 2.85. The second-order valence-electron chi connectivity index (χ2n) is 4.46. The summed E-state index contributed by atoms with van der Waals surface area (Å²) < 4.78 is 0. The van der Waals surface area contributed by atoms with Crippen LogP contribution in [-0.2, 0) is 0 Å². The van der Waals surface area contributed by atoms with Gasteiger partial charge in [0.15, 0.2) is 0 Å². The molecule has 0 fully saturated rings. The Morgan fingerprint density at radius 1 is 1.45 bits per heavy atom. The van der Waals surface area contributed by atoms with Crippen molar-refractivity contribution in [2.75, 3.05) is 12.4 Å². The van der Waals surface area contributed by atoms with E-state index in [0.717, 1.165) is 16.4 Å². The molecule has 1 amide bonds. The summed E-state index contributed by atoms with van der Waals surface area (Å²) >= 11 is 7.50. The molecule has 1 heterocycles. The first-order valence-electron chi connectivity index (χ1n) is 6.21. The van der Waals surface area contributed by atoms with Gasteiger partial charge in [-0.25, -0.2) is 4.98 Å². The smallest absolute Gasteiger partial charge is 0.253 e. The fourth-order valence-corrected chi connectivity index (χ4v) is 2.81. The molecule has 0 aliphatic rings. The van der Waals surface area contributed by atoms with Crippen LogP contribution in [0.25, 0.3) is 0 Å². The summed E-state index contributed by atoms with van der Waals surface area (Å²) in [7, 11) is 1.77. The van der Waals surface area contributed by atoms with Crippen LogP contribution in [-0.4, -0.2) is 17.9 Å². The maximum atomic E-state index is 12.3. The Labute approximate surface area is 127 Å². The number of nitrogens with zero attached hydrogens (tertiary/aromatic N) is 1. The highest BCUT2D eigenvalue weighted by Crippen LogP contribution is 2.22. The van der Waals surface area contributed by atoms with Gasteiger partial charge in [0.05, 0.1) is 11.6 Å². The number of aromatic nitrogens is 1. The van der Waals surface area contributed by atoms with Crippen molar-refractivity contribution in [2.24, 2.45) is 0 Å². The van der Waals surface area contributed by atoms with Crippen molar-refractivity contribution in [2.45, 2.75) is 19.9 Å². The monoisotopic (exact) mass is 309 g/mol. The van der Waals surface area contributed by atoms with Crippen molar-refractivity contribution in [3.8, 4) is 0 Å². The minimum Gasteiger partial charge on any atom is -0.387 e. The number of thiazole rings is 1. The predicted molar refractivity (Wildman–Crippen MR) is 83.7 cm³/mol. The molecule has 0 aliphatic heterocycles. The summed E-state index contributed by atoms with van der Waals surface area (Å²) in [4.78, 5) is 16.7. The molecular weight excluding hydrogens is 294 g/mol. The van der Waals surface area contributed by atoms with Crippen molar-refractivity contribution in [3.05, 3.63) is 44.9 Å². The van der Waals surface area contributed by atoms with E-state index in [1.165, 1.54) is 0 Å². The van der Waals surface area contributed by atoms with Gasteiger partial charge < -0.3 is 10.6 Å². The highest BCUT2D eigenvalue weighted by molar-refractivity contribution is 7.09. The van der Waals surface area contributed by atoms with Gasteiger partial charge in [-0.2, -0.15) is 0 Å². The van der Waals surface area contributed by atoms with E-state index in [-0.39, 0.29) is 11.9 Å². The molecular formula is C14H16ClN3OS. The number of carbonyl (C=O) groups excluding carboxylic acids is 1. The number of carbonyl (C=O) groups is 1. The van der Waals surface area contributed by atoms with Gasteiger partial charge in [-0.15, -0.1) is 11.3 Å². The summed E-state index contributed by atoms with van der Waals surface area (Å²) in [6.45, 7) is 3.85. The zero-order valence-electron chi connectivity index (χ0n) is 11.5. The van der Waals surface area contributed by atoms with Crippen molar-refractivity contribution >= 4 is 34.5 Å². The van der Waals surface area contributed by atoms with Gasteiger partial charge in [-0.05, 0) is 32.0 Å². The quantitative estimate of drug-likeness (QED) is 0.906. The Balaban J connectivity index is 2.18. The maximum absolute atomic E-state index is 12.3. The molecule has 1 aromatic heterocycles. The predicted octanol–water partition coefficient (Wildman–Crippen LogP) is 3.64. The molecule has 20 heavy (non-hydrogen) atoms. The zero-order valence-corrected chi connectivity index (χ0v) is 13.1. The van der Waals surface area contributed by atoms with Crippen LogP contribution in [0.5, 0.6) is 0 Å². The molecule has 106 valence electrons. The number of rotatable bonds is 4. The standard InChI is InChI=1S/C14H16ClN3OS/c1-8-7-20-14(17-8)9(2)18-13(19)11-6-10(15)4-5-12(11)16-3/h4-7,9,16H,1-3H3,(H,18,19). The van der Waals surface area contributed by atoms with Crippen molar-refractivity contribution < 1.29 is 4.79 Å². The normalized spacial score (nSPS) is 12.0. The van der Waals surface area contributed by atoms with Crippen LogP contribution < -0.4 is 10.6 Å². The van der Waals surface area contributed by atoms with Gasteiger partial charge in [-0.1, -0.05) is 11.6 Å². The number of hydrogen-bond acceptors (Lipinski definition) is 4. The van der Waals surface area contributed by atoms with Crippen LogP contribution in [0.2, 0.25) is 5.02 Å². The van der Waals surface area contributed by atoms with E-state index in [4.69, 9.17) is 11.6 Å².